The van der Waals surface area contributed by atoms with Crippen molar-refractivity contribution in [1.82, 2.24) is 15.0 Å². The van der Waals surface area contributed by atoms with E-state index >= 15 is 0 Å². The number of aromatic nitrogens is 3. The number of benzene rings is 3. The number of para-hydroxylation sites is 3. The zero-order valence-corrected chi connectivity index (χ0v) is 19.3. The second-order valence-electron chi connectivity index (χ2n) is 8.39. The number of rotatable bonds is 6. The molecule has 0 N–H and O–H groups in total. The highest BCUT2D eigenvalue weighted by Crippen LogP contribution is 2.37. The third-order valence-electron chi connectivity index (χ3n) is 5.99. The fraction of sp³-hybridized carbons (Fsp3) is 0.222. The summed E-state index contributed by atoms with van der Waals surface area (Å²) in [5.41, 5.74) is 1.07. The summed E-state index contributed by atoms with van der Waals surface area (Å²) in [5.74, 6) is 0.869. The molecule has 0 spiro atoms. The normalized spacial score (nSPS) is 14.5. The lowest BCUT2D eigenvalue weighted by molar-refractivity contribution is -0.139. The first kappa shape index (κ1) is 23.6. The van der Waals surface area contributed by atoms with E-state index < -0.39 is 11.7 Å². The molecule has 1 fully saturated rings. The van der Waals surface area contributed by atoms with E-state index in [9.17, 15) is 13.2 Å². The van der Waals surface area contributed by atoms with Gasteiger partial charge in [0.15, 0.2) is 0 Å². The van der Waals surface area contributed by atoms with E-state index in [0.29, 0.717) is 37.8 Å². The molecule has 5 rings (SSSR count). The molecule has 4 aromatic rings. The Kier molecular flexibility index (Phi) is 6.71. The molecule has 0 aliphatic carbocycles. The lowest BCUT2D eigenvalue weighted by Crippen LogP contribution is -2.39. The largest absolute Gasteiger partial charge is 0.490 e. The summed E-state index contributed by atoms with van der Waals surface area (Å²) in [6.07, 6.45) is -2.19. The number of ether oxygens (including phenoxy) is 1. The molecular formula is C27H24F3N5O. The van der Waals surface area contributed by atoms with Crippen molar-refractivity contribution in [2.75, 3.05) is 22.9 Å². The van der Waals surface area contributed by atoms with Gasteiger partial charge in [0, 0.05) is 37.3 Å². The Bertz CT molecular complexity index is 1240. The summed E-state index contributed by atoms with van der Waals surface area (Å²) in [7, 11) is 0. The highest BCUT2D eigenvalue weighted by atomic mass is 19.4. The van der Waals surface area contributed by atoms with Gasteiger partial charge in [-0.1, -0.05) is 48.5 Å². The fourth-order valence-corrected chi connectivity index (χ4v) is 4.23. The smallest absolute Gasteiger partial charge is 0.419 e. The Morgan fingerprint density at radius 1 is 0.778 bits per heavy atom. The molecule has 6 nitrogen and oxygen atoms in total. The van der Waals surface area contributed by atoms with Gasteiger partial charge in [-0.05, 0) is 36.4 Å². The van der Waals surface area contributed by atoms with Gasteiger partial charge in [0.05, 0.1) is 5.56 Å². The summed E-state index contributed by atoms with van der Waals surface area (Å²) < 4.78 is 45.7. The highest BCUT2D eigenvalue weighted by molar-refractivity contribution is 5.72. The maximum atomic E-state index is 13.3. The predicted octanol–water partition coefficient (Wildman–Crippen LogP) is 6.41. The van der Waals surface area contributed by atoms with Crippen molar-refractivity contribution in [3.8, 4) is 5.75 Å². The van der Waals surface area contributed by atoms with Crippen LogP contribution >= 0.6 is 0 Å². The van der Waals surface area contributed by atoms with Crippen LogP contribution in [0.5, 0.6) is 5.75 Å². The quantitative estimate of drug-likeness (QED) is 0.311. The van der Waals surface area contributed by atoms with Crippen LogP contribution in [0.25, 0.3) is 0 Å². The van der Waals surface area contributed by atoms with Gasteiger partial charge in [0.1, 0.15) is 18.2 Å². The molecule has 0 saturated carbocycles. The minimum Gasteiger partial charge on any atom is -0.490 e. The summed E-state index contributed by atoms with van der Waals surface area (Å²) >= 11 is 0. The van der Waals surface area contributed by atoms with E-state index in [4.69, 9.17) is 9.72 Å². The summed E-state index contributed by atoms with van der Waals surface area (Å²) in [5, 5.41) is 0. The number of hydrogen-bond acceptors (Lipinski definition) is 6. The maximum Gasteiger partial charge on any atom is 0.419 e. The molecule has 184 valence electrons. The minimum absolute atomic E-state index is 0.132. The zero-order valence-electron chi connectivity index (χ0n) is 19.3. The molecule has 1 aromatic heterocycles. The molecule has 0 bridgehead atoms. The van der Waals surface area contributed by atoms with Crippen LogP contribution in [0.4, 0.5) is 36.4 Å². The fourth-order valence-electron chi connectivity index (χ4n) is 4.23. The Morgan fingerprint density at radius 2 is 1.36 bits per heavy atom. The molecule has 2 heterocycles. The Balaban J connectivity index is 1.32. The van der Waals surface area contributed by atoms with E-state index in [0.717, 1.165) is 17.4 Å². The van der Waals surface area contributed by atoms with Crippen LogP contribution in [0.1, 0.15) is 18.4 Å². The van der Waals surface area contributed by atoms with Gasteiger partial charge in [0.2, 0.25) is 11.9 Å². The van der Waals surface area contributed by atoms with E-state index in [1.54, 1.807) is 6.07 Å². The third-order valence-corrected chi connectivity index (χ3v) is 5.99. The van der Waals surface area contributed by atoms with Crippen molar-refractivity contribution in [2.24, 2.45) is 0 Å². The zero-order chi connectivity index (χ0) is 25.0. The number of nitrogens with zero attached hydrogens (tertiary/aromatic N) is 5. The minimum atomic E-state index is -4.46. The Hall–Kier alpha value is -4.14. The number of anilines is 4. The number of halogens is 3. The van der Waals surface area contributed by atoms with E-state index in [-0.39, 0.29) is 11.9 Å². The standard InChI is InChI=1S/C27H24F3N5O/c28-27(29,30)23-13-7-8-14-24(23)36-22-15-17-34(18-16-22)25-31-19-32-26(33-25)35(20-9-3-1-4-10-20)21-11-5-2-6-12-21/h1-14,19,22H,15-18H2. The van der Waals surface area contributed by atoms with Crippen molar-refractivity contribution in [3.05, 3.63) is 96.8 Å². The van der Waals surface area contributed by atoms with E-state index in [2.05, 4.69) is 9.97 Å². The average molecular weight is 492 g/mol. The van der Waals surface area contributed by atoms with Crippen molar-refractivity contribution in [3.63, 3.8) is 0 Å². The topological polar surface area (TPSA) is 54.4 Å². The highest BCUT2D eigenvalue weighted by Gasteiger charge is 2.35. The van der Waals surface area contributed by atoms with Gasteiger partial charge in [-0.25, -0.2) is 9.97 Å². The molecule has 1 aliphatic heterocycles. The van der Waals surface area contributed by atoms with Gasteiger partial charge >= 0.3 is 6.18 Å². The second kappa shape index (κ2) is 10.2. The van der Waals surface area contributed by atoms with Crippen LogP contribution in [0, 0.1) is 0 Å². The van der Waals surface area contributed by atoms with Crippen LogP contribution in [0.3, 0.4) is 0 Å². The average Bonchev–Trinajstić information content (AvgIpc) is 2.90. The van der Waals surface area contributed by atoms with Gasteiger partial charge in [-0.3, -0.25) is 4.90 Å². The molecule has 9 heteroatoms. The van der Waals surface area contributed by atoms with Crippen LogP contribution in [-0.2, 0) is 6.18 Å². The van der Waals surface area contributed by atoms with Crippen LogP contribution in [0.15, 0.2) is 91.3 Å². The summed E-state index contributed by atoms with van der Waals surface area (Å²) in [6.45, 7) is 1.11. The predicted molar refractivity (Wildman–Crippen MR) is 132 cm³/mol. The van der Waals surface area contributed by atoms with Gasteiger partial charge in [-0.2, -0.15) is 18.2 Å². The lowest BCUT2D eigenvalue weighted by atomic mass is 10.1. The van der Waals surface area contributed by atoms with Gasteiger partial charge in [0.25, 0.3) is 0 Å². The molecular weight excluding hydrogens is 467 g/mol. The Labute approximate surface area is 207 Å². The third kappa shape index (κ3) is 5.25. The van der Waals surface area contributed by atoms with Crippen LogP contribution in [0.2, 0.25) is 0 Å². The van der Waals surface area contributed by atoms with Crippen molar-refractivity contribution < 1.29 is 17.9 Å². The first-order valence-corrected chi connectivity index (χ1v) is 11.7. The molecule has 36 heavy (non-hydrogen) atoms. The SMILES string of the molecule is FC(F)(F)c1ccccc1OC1CCN(c2ncnc(N(c3ccccc3)c3ccccc3)n2)CC1. The van der Waals surface area contributed by atoms with Gasteiger partial charge in [-0.15, -0.1) is 0 Å². The number of alkyl halides is 3. The molecule has 1 saturated heterocycles. The van der Waals surface area contributed by atoms with Crippen LogP contribution in [-0.4, -0.2) is 34.1 Å². The van der Waals surface area contributed by atoms with E-state index in [1.165, 1.54) is 18.5 Å². The maximum absolute atomic E-state index is 13.3. The van der Waals surface area contributed by atoms with E-state index in [1.807, 2.05) is 70.5 Å². The van der Waals surface area contributed by atoms with Crippen molar-refractivity contribution in [2.45, 2.75) is 25.1 Å². The van der Waals surface area contributed by atoms with Crippen LogP contribution < -0.4 is 14.5 Å². The first-order valence-electron chi connectivity index (χ1n) is 11.7. The summed E-state index contributed by atoms with van der Waals surface area (Å²) in [6, 6.07) is 25.0. The number of hydrogen-bond donors (Lipinski definition) is 0. The monoisotopic (exact) mass is 491 g/mol. The molecule has 0 amide bonds. The summed E-state index contributed by atoms with van der Waals surface area (Å²) in [4.78, 5) is 17.5. The first-order chi connectivity index (χ1) is 17.5. The van der Waals surface area contributed by atoms with Gasteiger partial charge < -0.3 is 9.64 Å². The molecule has 3 aromatic carbocycles. The molecule has 0 atom stereocenters. The molecule has 0 radical (unpaired) electrons. The Morgan fingerprint density at radius 3 is 1.97 bits per heavy atom. The van der Waals surface area contributed by atoms with Crippen molar-refractivity contribution >= 4 is 23.3 Å². The van der Waals surface area contributed by atoms with Crippen molar-refractivity contribution in [1.29, 1.82) is 0 Å². The lowest BCUT2D eigenvalue weighted by Gasteiger charge is -2.33. The number of piperidine rings is 1. The molecule has 1 aliphatic rings. The second-order valence-corrected chi connectivity index (χ2v) is 8.39. The molecule has 0 unspecified atom stereocenters.